The van der Waals surface area contributed by atoms with Crippen molar-refractivity contribution in [3.8, 4) is 0 Å². The molecule has 0 spiro atoms. The van der Waals surface area contributed by atoms with Crippen LogP contribution in [-0.2, 0) is 6.42 Å². The number of benzene rings is 1. The Morgan fingerprint density at radius 1 is 0.895 bits per heavy atom. The highest BCUT2D eigenvalue weighted by molar-refractivity contribution is 5.25. The molecule has 0 fully saturated rings. The lowest BCUT2D eigenvalue weighted by molar-refractivity contribution is 0.517. The molecular weight excluding hydrogens is 228 g/mol. The van der Waals surface area contributed by atoms with E-state index in [1.54, 1.807) is 0 Å². The third-order valence-electron chi connectivity index (χ3n) is 3.11. The first-order chi connectivity index (χ1) is 9.13. The van der Waals surface area contributed by atoms with E-state index < -0.39 is 0 Å². The zero-order valence-electron chi connectivity index (χ0n) is 14.6. The summed E-state index contributed by atoms with van der Waals surface area (Å²) in [6.45, 7) is 17.2. The lowest BCUT2D eigenvalue weighted by atomic mass is 9.92. The highest BCUT2D eigenvalue weighted by atomic mass is 14.1. The predicted molar refractivity (Wildman–Crippen MR) is 91.0 cm³/mol. The third kappa shape index (κ3) is 9.76. The monoisotopic (exact) mass is 264 g/mol. The van der Waals surface area contributed by atoms with E-state index in [2.05, 4.69) is 52.0 Å². The van der Waals surface area contributed by atoms with E-state index in [-0.39, 0.29) is 0 Å². The largest absolute Gasteiger partial charge is 0.0683 e. The second-order valence-electron chi connectivity index (χ2n) is 4.97. The Morgan fingerprint density at radius 3 is 1.95 bits per heavy atom. The minimum absolute atomic E-state index is 0.707. The van der Waals surface area contributed by atoms with Gasteiger partial charge in [-0.1, -0.05) is 86.1 Å². The van der Waals surface area contributed by atoms with Gasteiger partial charge < -0.3 is 0 Å². The molecule has 0 radical (unpaired) electrons. The van der Waals surface area contributed by atoms with E-state index in [1.165, 1.54) is 24.0 Å². The van der Waals surface area contributed by atoms with Crippen molar-refractivity contribution in [1.29, 1.82) is 0 Å². The highest BCUT2D eigenvalue weighted by Gasteiger charge is 2.06. The summed E-state index contributed by atoms with van der Waals surface area (Å²) in [6, 6.07) is 9.05. The van der Waals surface area contributed by atoms with Crippen LogP contribution in [0.5, 0.6) is 0 Å². The fourth-order valence-corrected chi connectivity index (χ4v) is 1.87. The highest BCUT2D eigenvalue weighted by Crippen LogP contribution is 2.23. The Bertz CT molecular complexity index is 286. The van der Waals surface area contributed by atoms with Gasteiger partial charge >= 0.3 is 0 Å². The van der Waals surface area contributed by atoms with Crippen LogP contribution in [0.15, 0.2) is 24.3 Å². The fourth-order valence-electron chi connectivity index (χ4n) is 1.87. The van der Waals surface area contributed by atoms with Crippen LogP contribution in [0.3, 0.4) is 0 Å². The topological polar surface area (TPSA) is 0 Å². The maximum atomic E-state index is 2.37. The molecule has 1 atom stereocenters. The second kappa shape index (κ2) is 13.6. The van der Waals surface area contributed by atoms with Gasteiger partial charge in [-0.15, -0.1) is 0 Å². The maximum absolute atomic E-state index is 2.37. The first kappa shape index (κ1) is 20.5. The fraction of sp³-hybridized carbons (Fsp3) is 0.684. The molecule has 0 N–H and O–H groups in total. The van der Waals surface area contributed by atoms with Crippen LogP contribution >= 0.6 is 0 Å². The Morgan fingerprint density at radius 2 is 1.47 bits per heavy atom. The van der Waals surface area contributed by atoms with Crippen LogP contribution in [0.1, 0.15) is 85.3 Å². The van der Waals surface area contributed by atoms with Crippen LogP contribution in [0.2, 0.25) is 0 Å². The zero-order valence-corrected chi connectivity index (χ0v) is 14.6. The molecule has 1 aromatic rings. The number of hydrogen-bond donors (Lipinski definition) is 0. The molecule has 0 bridgehead atoms. The van der Waals surface area contributed by atoms with E-state index in [0.29, 0.717) is 5.92 Å². The van der Waals surface area contributed by atoms with Gasteiger partial charge in [0.2, 0.25) is 0 Å². The van der Waals surface area contributed by atoms with Crippen molar-refractivity contribution in [2.24, 2.45) is 5.92 Å². The second-order valence-corrected chi connectivity index (χ2v) is 4.97. The van der Waals surface area contributed by atoms with E-state index in [0.717, 1.165) is 12.3 Å². The zero-order chi connectivity index (χ0) is 15.3. The van der Waals surface area contributed by atoms with Crippen LogP contribution in [-0.4, -0.2) is 0 Å². The summed E-state index contributed by atoms with van der Waals surface area (Å²) >= 11 is 0. The third-order valence-corrected chi connectivity index (χ3v) is 3.11. The first-order valence-electron chi connectivity index (χ1n) is 8.22. The molecule has 0 aliphatic rings. The Hall–Kier alpha value is -0.780. The van der Waals surface area contributed by atoms with Gasteiger partial charge in [0.25, 0.3) is 0 Å². The summed E-state index contributed by atoms with van der Waals surface area (Å²) < 4.78 is 0. The molecule has 19 heavy (non-hydrogen) atoms. The molecule has 1 aromatic carbocycles. The smallest absolute Gasteiger partial charge is 0.0190 e. The Kier molecular flexibility index (Phi) is 14.8. The molecule has 0 heterocycles. The normalized spacial score (nSPS) is 11.0. The van der Waals surface area contributed by atoms with E-state index >= 15 is 0 Å². The van der Waals surface area contributed by atoms with Crippen LogP contribution in [0, 0.1) is 5.92 Å². The minimum Gasteiger partial charge on any atom is -0.0683 e. The molecule has 0 aromatic heterocycles. The summed E-state index contributed by atoms with van der Waals surface area (Å²) in [7, 11) is 0. The van der Waals surface area contributed by atoms with Crippen molar-refractivity contribution >= 4 is 0 Å². The Balaban J connectivity index is 0. The van der Waals surface area contributed by atoms with Gasteiger partial charge in [0.15, 0.2) is 0 Å². The van der Waals surface area contributed by atoms with Gasteiger partial charge in [-0.05, 0) is 35.8 Å². The number of aryl methyl sites for hydroxylation is 1. The molecule has 0 saturated carbocycles. The van der Waals surface area contributed by atoms with Crippen molar-refractivity contribution in [2.45, 2.75) is 80.6 Å². The molecule has 0 nitrogen and oxygen atoms in total. The van der Waals surface area contributed by atoms with E-state index in [1.807, 2.05) is 27.7 Å². The van der Waals surface area contributed by atoms with Crippen molar-refractivity contribution in [1.82, 2.24) is 0 Å². The average molecular weight is 264 g/mol. The molecule has 0 heteroatoms. The van der Waals surface area contributed by atoms with Gasteiger partial charge in [-0.25, -0.2) is 0 Å². The van der Waals surface area contributed by atoms with Crippen LogP contribution in [0.25, 0.3) is 0 Å². The van der Waals surface area contributed by atoms with Crippen LogP contribution < -0.4 is 0 Å². The quantitative estimate of drug-likeness (QED) is 0.546. The molecule has 0 aliphatic heterocycles. The SMILES string of the molecule is CC.CC.CCc1cccc(C(C)CCC(C)C)c1. The summed E-state index contributed by atoms with van der Waals surface area (Å²) in [5.74, 6) is 1.53. The lowest BCUT2D eigenvalue weighted by Crippen LogP contribution is -1.97. The average Bonchev–Trinajstić information content (AvgIpc) is 2.49. The molecule has 1 unspecified atom stereocenters. The van der Waals surface area contributed by atoms with Gasteiger partial charge in [0.05, 0.1) is 0 Å². The van der Waals surface area contributed by atoms with E-state index in [4.69, 9.17) is 0 Å². The summed E-state index contributed by atoms with van der Waals surface area (Å²) in [5.41, 5.74) is 2.97. The van der Waals surface area contributed by atoms with Gasteiger partial charge in [0.1, 0.15) is 0 Å². The molecule has 1 rings (SSSR count). The Labute approximate surface area is 122 Å². The van der Waals surface area contributed by atoms with Gasteiger partial charge in [-0.2, -0.15) is 0 Å². The standard InChI is InChI=1S/C15H24.2C2H6/c1-5-14-7-6-8-15(11-14)13(4)10-9-12(2)3;2*1-2/h6-8,11-13H,5,9-10H2,1-4H3;2*1-2H3. The maximum Gasteiger partial charge on any atom is -0.0190 e. The lowest BCUT2D eigenvalue weighted by Gasteiger charge is -2.14. The molecule has 112 valence electrons. The van der Waals surface area contributed by atoms with Gasteiger partial charge in [-0.3, -0.25) is 0 Å². The molecule has 0 amide bonds. The van der Waals surface area contributed by atoms with Crippen LogP contribution in [0.4, 0.5) is 0 Å². The van der Waals surface area contributed by atoms with E-state index in [9.17, 15) is 0 Å². The summed E-state index contributed by atoms with van der Waals surface area (Å²) in [4.78, 5) is 0. The molecular formula is C19H36. The summed E-state index contributed by atoms with van der Waals surface area (Å²) in [6.07, 6.45) is 3.78. The minimum atomic E-state index is 0.707. The van der Waals surface area contributed by atoms with Gasteiger partial charge in [0, 0.05) is 0 Å². The van der Waals surface area contributed by atoms with Crippen molar-refractivity contribution in [2.75, 3.05) is 0 Å². The number of hydrogen-bond acceptors (Lipinski definition) is 0. The predicted octanol–water partition coefficient (Wildman–Crippen LogP) is 6.84. The molecule has 0 aliphatic carbocycles. The summed E-state index contributed by atoms with van der Waals surface area (Å²) in [5, 5.41) is 0. The van der Waals surface area contributed by atoms with Crippen molar-refractivity contribution < 1.29 is 0 Å². The van der Waals surface area contributed by atoms with Crippen molar-refractivity contribution in [3.05, 3.63) is 35.4 Å². The number of rotatable bonds is 5. The first-order valence-corrected chi connectivity index (χ1v) is 8.22. The van der Waals surface area contributed by atoms with Crippen molar-refractivity contribution in [3.63, 3.8) is 0 Å². The molecule has 0 saturated heterocycles.